The normalized spacial score (nSPS) is 14.8. The van der Waals surface area contributed by atoms with Gasteiger partial charge in [0.05, 0.1) is 6.54 Å². The minimum atomic E-state index is -0.199. The average molecular weight is 468 g/mol. The highest BCUT2D eigenvalue weighted by Crippen LogP contribution is 2.46. The summed E-state index contributed by atoms with van der Waals surface area (Å²) < 4.78 is 13.7. The van der Waals surface area contributed by atoms with Crippen LogP contribution in [-0.2, 0) is 18.4 Å². The second-order valence-corrected chi connectivity index (χ2v) is 8.87. The highest BCUT2D eigenvalue weighted by atomic mass is 35.5. The molecule has 176 valence electrons. The number of hydrogen-bond donors (Lipinski definition) is 1. The van der Waals surface area contributed by atoms with Gasteiger partial charge < -0.3 is 9.88 Å². The number of nitrogens with zero attached hydrogens (tertiary/aromatic N) is 2. The molecule has 1 fully saturated rings. The number of imidazole rings is 1. The molecule has 0 aliphatic heterocycles. The Morgan fingerprint density at radius 1 is 1.06 bits per heavy atom. The van der Waals surface area contributed by atoms with Gasteiger partial charge in [0.25, 0.3) is 0 Å². The van der Waals surface area contributed by atoms with Crippen LogP contribution in [0.25, 0.3) is 0 Å². The van der Waals surface area contributed by atoms with E-state index in [2.05, 4.69) is 33.6 Å². The van der Waals surface area contributed by atoms with E-state index in [0.717, 1.165) is 60.8 Å². The predicted octanol–water partition coefficient (Wildman–Crippen LogP) is 7.69. The van der Waals surface area contributed by atoms with Crippen LogP contribution in [0.2, 0.25) is 5.02 Å². The van der Waals surface area contributed by atoms with Gasteiger partial charge in [-0.05, 0) is 54.7 Å². The molecule has 1 aromatic heterocycles. The fourth-order valence-corrected chi connectivity index (χ4v) is 4.89. The maximum Gasteiger partial charge on any atom is 0.125 e. The van der Waals surface area contributed by atoms with Crippen molar-refractivity contribution in [2.75, 3.05) is 6.54 Å². The van der Waals surface area contributed by atoms with Crippen molar-refractivity contribution in [1.82, 2.24) is 14.9 Å². The Kier molecular flexibility index (Phi) is 9.13. The lowest BCUT2D eigenvalue weighted by Crippen LogP contribution is -2.40. The molecule has 1 aliphatic rings. The molecule has 1 N–H and O–H groups in total. The molecular weight excluding hydrogens is 433 g/mol. The number of aromatic nitrogens is 2. The van der Waals surface area contributed by atoms with Crippen molar-refractivity contribution in [1.29, 1.82) is 0 Å². The Morgan fingerprint density at radius 2 is 1.73 bits per heavy atom. The molecule has 5 heteroatoms. The number of aromatic amines is 1. The van der Waals surface area contributed by atoms with Crippen LogP contribution in [-0.4, -0.2) is 21.4 Å². The van der Waals surface area contributed by atoms with Gasteiger partial charge in [0.15, 0.2) is 0 Å². The third-order valence-corrected chi connectivity index (χ3v) is 6.77. The summed E-state index contributed by atoms with van der Waals surface area (Å²) in [5.41, 5.74) is 3.33. The van der Waals surface area contributed by atoms with E-state index in [1.54, 1.807) is 18.3 Å². The van der Waals surface area contributed by atoms with E-state index in [0.29, 0.717) is 6.54 Å². The van der Waals surface area contributed by atoms with Crippen LogP contribution in [0.5, 0.6) is 0 Å². The van der Waals surface area contributed by atoms with Gasteiger partial charge in [0, 0.05) is 35.1 Å². The van der Waals surface area contributed by atoms with Crippen molar-refractivity contribution < 1.29 is 4.39 Å². The molecule has 0 spiro atoms. The van der Waals surface area contributed by atoms with Gasteiger partial charge in [0.2, 0.25) is 0 Å². The van der Waals surface area contributed by atoms with Crippen molar-refractivity contribution in [3.63, 3.8) is 0 Å². The summed E-state index contributed by atoms with van der Waals surface area (Å²) >= 11 is 6.05. The molecule has 1 saturated carbocycles. The van der Waals surface area contributed by atoms with E-state index < -0.39 is 0 Å². The van der Waals surface area contributed by atoms with Crippen molar-refractivity contribution in [3.8, 4) is 0 Å². The lowest BCUT2D eigenvalue weighted by Gasteiger charge is -2.44. The highest BCUT2D eigenvalue weighted by Gasteiger charge is 2.39. The first-order valence-electron chi connectivity index (χ1n) is 12.0. The Balaban J connectivity index is 0.00000149. The summed E-state index contributed by atoms with van der Waals surface area (Å²) in [6, 6.07) is 15.0. The maximum atomic E-state index is 13.7. The Hall–Kier alpha value is -2.59. The average Bonchev–Trinajstić information content (AvgIpc) is 3.38. The summed E-state index contributed by atoms with van der Waals surface area (Å²) in [6.07, 6.45) is 10.1. The molecule has 0 amide bonds. The fraction of sp³-hybridized carbons (Fsp3) is 0.393. The first-order chi connectivity index (χ1) is 16.1. The second-order valence-electron chi connectivity index (χ2n) is 8.43. The number of rotatable bonds is 8. The molecule has 0 radical (unpaired) electrons. The summed E-state index contributed by atoms with van der Waals surface area (Å²) in [5.74, 6) is 0.720. The largest absolute Gasteiger partial charge is 0.367 e. The van der Waals surface area contributed by atoms with Gasteiger partial charge in [-0.15, -0.1) is 0 Å². The molecular formula is C28H35ClFN3. The van der Waals surface area contributed by atoms with Crippen LogP contribution in [0.4, 0.5) is 4.39 Å². The Morgan fingerprint density at radius 3 is 2.33 bits per heavy atom. The quantitative estimate of drug-likeness (QED) is 0.368. The van der Waals surface area contributed by atoms with Gasteiger partial charge in [-0.2, -0.15) is 0 Å². The molecule has 0 saturated heterocycles. The van der Waals surface area contributed by atoms with Gasteiger partial charge in [-0.3, -0.25) is 0 Å². The molecule has 0 unspecified atom stereocenters. The zero-order valence-corrected chi connectivity index (χ0v) is 20.5. The van der Waals surface area contributed by atoms with Gasteiger partial charge in [-0.1, -0.05) is 75.6 Å². The summed E-state index contributed by atoms with van der Waals surface area (Å²) in [7, 11) is 0. The van der Waals surface area contributed by atoms with Crippen molar-refractivity contribution in [3.05, 3.63) is 101 Å². The van der Waals surface area contributed by atoms with Crippen molar-refractivity contribution in [2.24, 2.45) is 0 Å². The first-order valence-corrected chi connectivity index (χ1v) is 12.4. The van der Waals surface area contributed by atoms with E-state index in [4.69, 9.17) is 11.6 Å². The van der Waals surface area contributed by atoms with Crippen LogP contribution in [0.15, 0.2) is 73.2 Å². The third kappa shape index (κ3) is 6.26. The molecule has 4 rings (SSSR count). The van der Waals surface area contributed by atoms with Gasteiger partial charge >= 0.3 is 0 Å². The van der Waals surface area contributed by atoms with E-state index in [-0.39, 0.29) is 11.2 Å². The van der Waals surface area contributed by atoms with Crippen molar-refractivity contribution >= 4 is 11.6 Å². The minimum absolute atomic E-state index is 0.168. The molecule has 3 aromatic rings. The highest BCUT2D eigenvalue weighted by molar-refractivity contribution is 6.30. The van der Waals surface area contributed by atoms with Crippen LogP contribution in [0.3, 0.4) is 0 Å². The molecule has 3 nitrogen and oxygen atoms in total. The van der Waals surface area contributed by atoms with Crippen LogP contribution in [0, 0.1) is 5.82 Å². The molecule has 0 bridgehead atoms. The molecule has 0 atom stereocenters. The summed E-state index contributed by atoms with van der Waals surface area (Å²) in [4.78, 5) is 10.0. The number of halogens is 2. The summed E-state index contributed by atoms with van der Waals surface area (Å²) in [5, 5.41) is 0.748. The van der Waals surface area contributed by atoms with Gasteiger partial charge in [-0.25, -0.2) is 9.37 Å². The monoisotopic (exact) mass is 467 g/mol. The van der Waals surface area contributed by atoms with Crippen LogP contribution < -0.4 is 0 Å². The number of hydrogen-bond acceptors (Lipinski definition) is 2. The third-order valence-electron chi connectivity index (χ3n) is 6.52. The van der Waals surface area contributed by atoms with E-state index in [1.807, 2.05) is 44.3 Å². The maximum absolute atomic E-state index is 13.7. The molecule has 33 heavy (non-hydrogen) atoms. The van der Waals surface area contributed by atoms with Crippen LogP contribution in [0.1, 0.15) is 62.9 Å². The lowest BCUT2D eigenvalue weighted by atomic mass is 9.67. The van der Waals surface area contributed by atoms with E-state index >= 15 is 0 Å². The smallest absolute Gasteiger partial charge is 0.125 e. The minimum Gasteiger partial charge on any atom is -0.367 e. The van der Waals surface area contributed by atoms with E-state index in [1.165, 1.54) is 12.0 Å². The Bertz CT molecular complexity index is 975. The fourth-order valence-electron chi connectivity index (χ4n) is 4.76. The summed E-state index contributed by atoms with van der Waals surface area (Å²) in [6.45, 7) is 10.1. The topological polar surface area (TPSA) is 31.9 Å². The number of benzene rings is 2. The standard InChI is InChI=1S/C26H29ClFN3.C2H6/c1-20(26(14-3-2-4-15-26)22-7-11-24(28)12-8-22)31(19-25-29-16-17-30-25)18-13-21-5-9-23(27)10-6-21;1-2/h5-12,16-17H,1-4,13-15,18-19H2,(H,29,30);1-2H3. The molecule has 1 aliphatic carbocycles. The number of nitrogens with one attached hydrogen (secondary N) is 1. The zero-order valence-electron chi connectivity index (χ0n) is 19.8. The molecule has 1 heterocycles. The second kappa shape index (κ2) is 12.0. The van der Waals surface area contributed by atoms with E-state index in [9.17, 15) is 4.39 Å². The first kappa shape index (κ1) is 25.0. The van der Waals surface area contributed by atoms with Crippen molar-refractivity contribution in [2.45, 2.75) is 64.3 Å². The van der Waals surface area contributed by atoms with Gasteiger partial charge in [0.1, 0.15) is 11.6 Å². The number of allylic oxidation sites excluding steroid dienone is 1. The zero-order chi connectivity index (χ0) is 23.7. The predicted molar refractivity (Wildman–Crippen MR) is 136 cm³/mol. The number of H-pyrrole nitrogens is 1. The SMILES string of the molecule is C=C(N(CCc1ccc(Cl)cc1)Cc1ncc[nH]1)C1(c2ccc(F)cc2)CCCCC1.CC. The molecule has 2 aromatic carbocycles. The Labute approximate surface area is 202 Å². The van der Waals surface area contributed by atoms with Crippen LogP contribution >= 0.6 is 11.6 Å². The lowest BCUT2D eigenvalue weighted by molar-refractivity contribution is 0.228.